The van der Waals surface area contributed by atoms with E-state index in [0.29, 0.717) is 0 Å². The van der Waals surface area contributed by atoms with Gasteiger partial charge in [0.1, 0.15) is 13.2 Å². The minimum absolute atomic E-state index is 0.0999. The fourth-order valence-electron chi connectivity index (χ4n) is 5.52. The molecule has 0 N–H and O–H groups in total. The molecule has 5 nitrogen and oxygen atoms in total. The Morgan fingerprint density at radius 3 is 1.54 bits per heavy atom. The molecule has 2 aliphatic rings. The van der Waals surface area contributed by atoms with Crippen molar-refractivity contribution in [3.63, 3.8) is 0 Å². The Kier molecular flexibility index (Phi) is 7.34. The van der Waals surface area contributed by atoms with Crippen LogP contribution in [0.5, 0.6) is 0 Å². The normalized spacial score (nSPS) is 15.8. The average molecular weight is 520 g/mol. The van der Waals surface area contributed by atoms with E-state index in [1.165, 1.54) is 0 Å². The molecule has 0 aromatic heterocycles. The summed E-state index contributed by atoms with van der Waals surface area (Å²) in [5.74, 6) is -1.10. The van der Waals surface area contributed by atoms with Crippen LogP contribution in [0.15, 0.2) is 106 Å². The van der Waals surface area contributed by atoms with Crippen LogP contribution in [0.3, 0.4) is 0 Å². The number of hydrogen-bond donors (Lipinski definition) is 0. The van der Waals surface area contributed by atoms with E-state index in [9.17, 15) is 9.59 Å². The molecule has 1 saturated carbocycles. The minimum atomic E-state index is -1.43. The molecule has 0 unspecified atom stereocenters. The number of rotatable bonds is 7. The first-order valence-corrected chi connectivity index (χ1v) is 13.3. The Labute approximate surface area is 229 Å². The average Bonchev–Trinajstić information content (AvgIpc) is 3.46. The summed E-state index contributed by atoms with van der Waals surface area (Å²) < 4.78 is 11.5. The van der Waals surface area contributed by atoms with Gasteiger partial charge in [-0.2, -0.15) is 0 Å². The zero-order chi connectivity index (χ0) is 27.6. The zero-order valence-corrected chi connectivity index (χ0v) is 22.9. The van der Waals surface area contributed by atoms with Crippen molar-refractivity contribution in [1.82, 2.24) is 0 Å². The first-order valence-electron chi connectivity index (χ1n) is 13.3. The van der Waals surface area contributed by atoms with Crippen molar-refractivity contribution in [3.8, 4) is 0 Å². The maximum Gasteiger partial charge on any atom is 0.324 e. The number of aryl methyl sites for hydroxylation is 2. The van der Waals surface area contributed by atoms with Crippen molar-refractivity contribution in [2.45, 2.75) is 53.8 Å². The van der Waals surface area contributed by atoms with Crippen LogP contribution < -0.4 is 0 Å². The molecule has 0 atom stereocenters. The molecule has 0 aliphatic heterocycles. The number of aliphatic imine (C=N–C) groups is 1. The molecule has 3 aromatic carbocycles. The second kappa shape index (κ2) is 10.9. The van der Waals surface area contributed by atoms with Crippen LogP contribution in [-0.4, -0.2) is 17.7 Å². The third kappa shape index (κ3) is 5.09. The monoisotopic (exact) mass is 519 g/mol. The lowest BCUT2D eigenvalue weighted by Crippen LogP contribution is -2.40. The number of benzene rings is 3. The van der Waals surface area contributed by atoms with Gasteiger partial charge < -0.3 is 9.47 Å². The topological polar surface area (TPSA) is 65.0 Å². The molecule has 0 heterocycles. The number of hydrogen-bond acceptors (Lipinski definition) is 5. The smallest absolute Gasteiger partial charge is 0.324 e. The van der Waals surface area contributed by atoms with Gasteiger partial charge in [-0.1, -0.05) is 78.9 Å². The van der Waals surface area contributed by atoms with Gasteiger partial charge in [0, 0.05) is 12.8 Å². The molecular weight excluding hydrogens is 486 g/mol. The zero-order valence-electron chi connectivity index (χ0n) is 22.9. The molecule has 5 heteroatoms. The Morgan fingerprint density at radius 2 is 1.10 bits per heavy atom. The molecule has 0 spiro atoms. The first kappa shape index (κ1) is 26.4. The molecule has 0 bridgehead atoms. The van der Waals surface area contributed by atoms with Gasteiger partial charge in [-0.25, -0.2) is 4.99 Å². The number of nitrogens with zero attached hydrogens (tertiary/aromatic N) is 1. The van der Waals surface area contributed by atoms with Crippen LogP contribution in [0.4, 0.5) is 5.69 Å². The highest BCUT2D eigenvalue weighted by atomic mass is 16.6. The summed E-state index contributed by atoms with van der Waals surface area (Å²) in [6, 6.07) is 25.1. The molecule has 1 fully saturated rings. The number of carbonyl (C=O) groups is 2. The van der Waals surface area contributed by atoms with Crippen LogP contribution in [-0.2, 0) is 32.3 Å². The van der Waals surface area contributed by atoms with E-state index >= 15 is 0 Å². The van der Waals surface area contributed by atoms with Gasteiger partial charge in [0.05, 0.1) is 11.4 Å². The molecule has 5 rings (SSSR count). The van der Waals surface area contributed by atoms with Crippen molar-refractivity contribution < 1.29 is 19.1 Å². The van der Waals surface area contributed by atoms with Crippen molar-refractivity contribution in [1.29, 1.82) is 0 Å². The van der Waals surface area contributed by atoms with Crippen molar-refractivity contribution in [3.05, 3.63) is 123 Å². The largest absolute Gasteiger partial charge is 0.460 e. The number of allylic oxidation sites excluding steroid dienone is 4. The number of ether oxygens (including phenoxy) is 2. The Balaban J connectivity index is 1.47. The molecule has 2 aliphatic carbocycles. The second-order valence-corrected chi connectivity index (χ2v) is 10.5. The second-order valence-electron chi connectivity index (χ2n) is 10.5. The highest BCUT2D eigenvalue weighted by molar-refractivity contribution is 6.18. The van der Waals surface area contributed by atoms with Gasteiger partial charge in [-0.15, -0.1) is 0 Å². The van der Waals surface area contributed by atoms with E-state index in [4.69, 9.17) is 14.5 Å². The number of para-hydroxylation sites is 1. The molecule has 3 aromatic rings. The Morgan fingerprint density at radius 1 is 0.667 bits per heavy atom. The number of carbonyl (C=O) groups excluding carboxylic acids is 2. The van der Waals surface area contributed by atoms with Gasteiger partial charge in [0.25, 0.3) is 0 Å². The summed E-state index contributed by atoms with van der Waals surface area (Å²) in [6.45, 7) is 8.37. The van der Waals surface area contributed by atoms with Gasteiger partial charge in [-0.3, -0.25) is 9.59 Å². The summed E-state index contributed by atoms with van der Waals surface area (Å²) in [6.07, 6.45) is 0.469. The van der Waals surface area contributed by atoms with E-state index in [-0.39, 0.29) is 26.1 Å². The summed E-state index contributed by atoms with van der Waals surface area (Å²) >= 11 is 0. The van der Waals surface area contributed by atoms with Crippen LogP contribution in [0, 0.1) is 19.3 Å². The minimum Gasteiger partial charge on any atom is -0.460 e. The van der Waals surface area contributed by atoms with Crippen LogP contribution in [0.25, 0.3) is 0 Å². The maximum absolute atomic E-state index is 13.7. The maximum atomic E-state index is 13.7. The molecule has 0 saturated heterocycles. The molecular formula is C34H33NO4. The standard InChI is InChI=1S/C34H33NO4/c1-22-12-11-13-23(2)30(22)35-31-24(3)28-18-34(19-29(28)25(31)4,32(36)38-20-26-14-7-5-8-15-26)33(37)39-21-27-16-9-6-10-17-27/h5-17H,18-21H2,1-4H3. The Bertz CT molecular complexity index is 1410. The van der Waals surface area contributed by atoms with Crippen molar-refractivity contribution in [2.75, 3.05) is 0 Å². The predicted octanol–water partition coefficient (Wildman–Crippen LogP) is 7.29. The van der Waals surface area contributed by atoms with E-state index in [1.54, 1.807) is 0 Å². The summed E-state index contributed by atoms with van der Waals surface area (Å²) in [4.78, 5) is 32.5. The van der Waals surface area contributed by atoms with Gasteiger partial charge in [-0.05, 0) is 72.2 Å². The van der Waals surface area contributed by atoms with Gasteiger partial charge in [0.15, 0.2) is 5.41 Å². The van der Waals surface area contributed by atoms with Crippen molar-refractivity contribution >= 4 is 23.3 Å². The third-order valence-corrected chi connectivity index (χ3v) is 7.81. The highest BCUT2D eigenvalue weighted by Gasteiger charge is 2.56. The van der Waals surface area contributed by atoms with E-state index in [0.717, 1.165) is 55.9 Å². The van der Waals surface area contributed by atoms with E-state index in [2.05, 4.69) is 26.0 Å². The summed E-state index contributed by atoms with van der Waals surface area (Å²) in [5, 5.41) is 0. The lowest BCUT2D eigenvalue weighted by molar-refractivity contribution is -0.173. The van der Waals surface area contributed by atoms with Crippen LogP contribution in [0.1, 0.15) is 48.9 Å². The van der Waals surface area contributed by atoms with Crippen LogP contribution in [0.2, 0.25) is 0 Å². The predicted molar refractivity (Wildman–Crippen MR) is 153 cm³/mol. The lowest BCUT2D eigenvalue weighted by atomic mass is 9.84. The molecule has 0 amide bonds. The fourth-order valence-corrected chi connectivity index (χ4v) is 5.52. The Hall–Kier alpha value is -4.25. The summed E-state index contributed by atoms with van der Waals surface area (Å²) in [7, 11) is 0. The number of esters is 2. The molecule has 198 valence electrons. The number of fused-ring (bicyclic) bond motifs is 1. The van der Waals surface area contributed by atoms with Crippen molar-refractivity contribution in [2.24, 2.45) is 10.4 Å². The molecule has 0 radical (unpaired) electrons. The van der Waals surface area contributed by atoms with E-state index in [1.807, 2.05) is 80.6 Å². The van der Waals surface area contributed by atoms with E-state index < -0.39 is 17.4 Å². The summed E-state index contributed by atoms with van der Waals surface area (Å²) in [5.41, 5.74) is 8.38. The van der Waals surface area contributed by atoms with Gasteiger partial charge >= 0.3 is 11.9 Å². The van der Waals surface area contributed by atoms with Gasteiger partial charge in [0.2, 0.25) is 0 Å². The quantitative estimate of drug-likeness (QED) is 0.243. The third-order valence-electron chi connectivity index (χ3n) is 7.81. The SMILES string of the molecule is CC1=C2CC(C(=O)OCc3ccccc3)(C(=O)OCc3ccccc3)CC2=C(C)C1=Nc1c(C)cccc1C. The highest BCUT2D eigenvalue weighted by Crippen LogP contribution is 2.53. The lowest BCUT2D eigenvalue weighted by Gasteiger charge is -2.25. The first-order chi connectivity index (χ1) is 18.8. The molecule has 39 heavy (non-hydrogen) atoms. The fraction of sp³-hybridized carbons (Fsp3) is 0.265. The van der Waals surface area contributed by atoms with Crippen LogP contribution >= 0.6 is 0 Å².